The Kier molecular flexibility index (Phi) is 3.87. The Bertz CT molecular complexity index is 489. The van der Waals surface area contributed by atoms with Gasteiger partial charge in [-0.1, -0.05) is 11.3 Å². The normalized spacial score (nSPS) is 19.4. The molecule has 0 radical (unpaired) electrons. The van der Waals surface area contributed by atoms with Crippen molar-refractivity contribution >= 4 is 39.9 Å². The van der Waals surface area contributed by atoms with Crippen LogP contribution in [-0.2, 0) is 9.53 Å². The molecular formula is C11H13ClN2O3S. The van der Waals surface area contributed by atoms with Gasteiger partial charge in [-0.2, -0.15) is 0 Å². The molecule has 0 aromatic carbocycles. The van der Waals surface area contributed by atoms with Gasteiger partial charge >= 0.3 is 5.97 Å². The van der Waals surface area contributed by atoms with E-state index in [-0.39, 0.29) is 11.3 Å². The molecule has 0 saturated carbocycles. The van der Waals surface area contributed by atoms with Crippen LogP contribution in [0.1, 0.15) is 28.7 Å². The number of aromatic nitrogens is 1. The summed E-state index contributed by atoms with van der Waals surface area (Å²) in [5.74, 6) is -0.452. The molecule has 1 aliphatic rings. The number of hydrogen-bond donors (Lipinski definition) is 0. The molecule has 7 heteroatoms. The molecule has 0 spiro atoms. The van der Waals surface area contributed by atoms with Crippen LogP contribution < -0.4 is 4.90 Å². The van der Waals surface area contributed by atoms with E-state index in [1.54, 1.807) is 13.8 Å². The minimum atomic E-state index is -0.396. The Labute approximate surface area is 114 Å². The van der Waals surface area contributed by atoms with Gasteiger partial charge in [0.15, 0.2) is 5.13 Å². The molecule has 18 heavy (non-hydrogen) atoms. The Morgan fingerprint density at radius 2 is 2.39 bits per heavy atom. The highest BCUT2D eigenvalue weighted by Crippen LogP contribution is 2.30. The second kappa shape index (κ2) is 5.24. The van der Waals surface area contributed by atoms with E-state index in [1.165, 1.54) is 16.2 Å². The topological polar surface area (TPSA) is 59.5 Å². The van der Waals surface area contributed by atoms with Crippen molar-refractivity contribution in [2.75, 3.05) is 18.1 Å². The maximum Gasteiger partial charge on any atom is 0.350 e. The van der Waals surface area contributed by atoms with Gasteiger partial charge in [-0.15, -0.1) is 11.6 Å². The van der Waals surface area contributed by atoms with E-state index >= 15 is 0 Å². The zero-order valence-corrected chi connectivity index (χ0v) is 11.7. The number of nitrogens with zero attached hydrogens (tertiary/aromatic N) is 2. The molecule has 1 unspecified atom stereocenters. The SMILES string of the molecule is CCOC(=O)c1sc(N2CC(Cl)CC2=O)nc1C. The monoisotopic (exact) mass is 288 g/mol. The molecule has 1 atom stereocenters. The number of esters is 1. The molecule has 2 heterocycles. The summed E-state index contributed by atoms with van der Waals surface area (Å²) in [5.41, 5.74) is 0.583. The van der Waals surface area contributed by atoms with Gasteiger partial charge in [0.05, 0.1) is 17.7 Å². The predicted octanol–water partition coefficient (Wildman–Crippen LogP) is 1.97. The minimum Gasteiger partial charge on any atom is -0.462 e. The van der Waals surface area contributed by atoms with Gasteiger partial charge in [0.2, 0.25) is 5.91 Å². The first-order valence-corrected chi connectivity index (χ1v) is 6.87. The lowest BCUT2D eigenvalue weighted by Gasteiger charge is -2.10. The predicted molar refractivity (Wildman–Crippen MR) is 69.4 cm³/mol. The number of carbonyl (C=O) groups is 2. The third kappa shape index (κ3) is 2.49. The Hall–Kier alpha value is -1.14. The fourth-order valence-electron chi connectivity index (χ4n) is 1.73. The lowest BCUT2D eigenvalue weighted by molar-refractivity contribution is -0.117. The van der Waals surface area contributed by atoms with Crippen LogP contribution in [0.5, 0.6) is 0 Å². The average molecular weight is 289 g/mol. The van der Waals surface area contributed by atoms with Crippen LogP contribution >= 0.6 is 22.9 Å². The zero-order valence-electron chi connectivity index (χ0n) is 10.1. The molecule has 98 valence electrons. The van der Waals surface area contributed by atoms with Gasteiger partial charge in [-0.25, -0.2) is 9.78 Å². The Morgan fingerprint density at radius 1 is 1.67 bits per heavy atom. The maximum absolute atomic E-state index is 11.7. The van der Waals surface area contributed by atoms with Crippen molar-refractivity contribution in [2.24, 2.45) is 0 Å². The van der Waals surface area contributed by atoms with E-state index in [4.69, 9.17) is 16.3 Å². The average Bonchev–Trinajstić information content (AvgIpc) is 2.82. The summed E-state index contributed by atoms with van der Waals surface area (Å²) >= 11 is 7.10. The third-order valence-corrected chi connectivity index (χ3v) is 4.01. The van der Waals surface area contributed by atoms with Gasteiger partial charge < -0.3 is 4.74 Å². The van der Waals surface area contributed by atoms with E-state index in [0.29, 0.717) is 35.3 Å². The van der Waals surface area contributed by atoms with E-state index in [0.717, 1.165) is 0 Å². The molecule has 0 N–H and O–H groups in total. The Morgan fingerprint density at radius 3 is 2.94 bits per heavy atom. The molecule has 2 rings (SSSR count). The number of ether oxygens (including phenoxy) is 1. The van der Waals surface area contributed by atoms with Crippen LogP contribution in [-0.4, -0.2) is 35.4 Å². The van der Waals surface area contributed by atoms with Crippen LogP contribution in [0.2, 0.25) is 0 Å². The van der Waals surface area contributed by atoms with Crippen LogP contribution in [0, 0.1) is 6.92 Å². The first-order chi connectivity index (χ1) is 8.52. The van der Waals surface area contributed by atoms with E-state index in [9.17, 15) is 9.59 Å². The molecule has 0 aliphatic carbocycles. The fraction of sp³-hybridized carbons (Fsp3) is 0.545. The van der Waals surface area contributed by atoms with E-state index in [1.807, 2.05) is 0 Å². The van der Waals surface area contributed by atoms with Crippen molar-refractivity contribution in [3.05, 3.63) is 10.6 Å². The number of amides is 1. The summed E-state index contributed by atoms with van der Waals surface area (Å²) in [6, 6.07) is 0. The number of halogens is 1. The number of rotatable bonds is 3. The first kappa shape index (κ1) is 13.3. The van der Waals surface area contributed by atoms with Crippen LogP contribution in [0.3, 0.4) is 0 Å². The molecule has 1 aliphatic heterocycles. The molecule has 1 aromatic rings. The standard InChI is InChI=1S/C11H13ClN2O3S/c1-3-17-10(16)9-6(2)13-11(18-9)14-5-7(12)4-8(14)15/h7H,3-5H2,1-2H3. The number of carbonyl (C=O) groups excluding carboxylic acids is 2. The highest BCUT2D eigenvalue weighted by atomic mass is 35.5. The summed E-state index contributed by atoms with van der Waals surface area (Å²) in [6.07, 6.45) is 0.314. The van der Waals surface area contributed by atoms with Gasteiger partial charge in [-0.3, -0.25) is 9.69 Å². The lowest BCUT2D eigenvalue weighted by atomic mass is 10.4. The van der Waals surface area contributed by atoms with Crippen molar-refractivity contribution in [1.29, 1.82) is 0 Å². The Balaban J connectivity index is 2.23. The summed E-state index contributed by atoms with van der Waals surface area (Å²) in [7, 11) is 0. The van der Waals surface area contributed by atoms with Gasteiger partial charge in [0, 0.05) is 13.0 Å². The van der Waals surface area contributed by atoms with Gasteiger partial charge in [0.25, 0.3) is 0 Å². The van der Waals surface area contributed by atoms with E-state index < -0.39 is 5.97 Å². The molecule has 1 aromatic heterocycles. The number of alkyl halides is 1. The van der Waals surface area contributed by atoms with E-state index in [2.05, 4.69) is 4.98 Å². The largest absolute Gasteiger partial charge is 0.462 e. The second-order valence-electron chi connectivity index (χ2n) is 3.94. The molecule has 1 saturated heterocycles. The first-order valence-electron chi connectivity index (χ1n) is 5.62. The highest BCUT2D eigenvalue weighted by molar-refractivity contribution is 7.17. The molecular weight excluding hydrogens is 276 g/mol. The smallest absolute Gasteiger partial charge is 0.350 e. The molecule has 1 amide bonds. The summed E-state index contributed by atoms with van der Waals surface area (Å²) in [5, 5.41) is 0.330. The summed E-state index contributed by atoms with van der Waals surface area (Å²) in [4.78, 5) is 29.6. The maximum atomic E-state index is 11.7. The summed E-state index contributed by atoms with van der Waals surface area (Å²) < 4.78 is 4.93. The van der Waals surface area contributed by atoms with Crippen LogP contribution in [0.15, 0.2) is 0 Å². The van der Waals surface area contributed by atoms with Crippen molar-refractivity contribution < 1.29 is 14.3 Å². The number of anilines is 1. The van der Waals surface area contributed by atoms with Crippen molar-refractivity contribution in [2.45, 2.75) is 25.6 Å². The highest BCUT2D eigenvalue weighted by Gasteiger charge is 2.32. The number of hydrogen-bond acceptors (Lipinski definition) is 5. The van der Waals surface area contributed by atoms with Crippen LogP contribution in [0.4, 0.5) is 5.13 Å². The third-order valence-electron chi connectivity index (χ3n) is 2.55. The number of aryl methyl sites for hydroxylation is 1. The summed E-state index contributed by atoms with van der Waals surface area (Å²) in [6.45, 7) is 4.23. The van der Waals surface area contributed by atoms with Crippen molar-refractivity contribution in [1.82, 2.24) is 4.98 Å². The van der Waals surface area contributed by atoms with Crippen molar-refractivity contribution in [3.63, 3.8) is 0 Å². The minimum absolute atomic E-state index is 0.0563. The van der Waals surface area contributed by atoms with Crippen LogP contribution in [0.25, 0.3) is 0 Å². The van der Waals surface area contributed by atoms with Crippen molar-refractivity contribution in [3.8, 4) is 0 Å². The zero-order chi connectivity index (χ0) is 13.3. The lowest BCUT2D eigenvalue weighted by Crippen LogP contribution is -2.24. The molecule has 0 bridgehead atoms. The van der Waals surface area contributed by atoms with Gasteiger partial charge in [-0.05, 0) is 13.8 Å². The quantitative estimate of drug-likeness (QED) is 0.630. The second-order valence-corrected chi connectivity index (χ2v) is 5.53. The fourth-order valence-corrected chi connectivity index (χ4v) is 2.99. The number of thiazole rings is 1. The molecule has 5 nitrogen and oxygen atoms in total. The van der Waals surface area contributed by atoms with Gasteiger partial charge in [0.1, 0.15) is 4.88 Å². The molecule has 1 fully saturated rings.